The number of anilines is 1. The topological polar surface area (TPSA) is 61.7 Å². The number of nitrogen functional groups attached to an aromatic ring is 1. The molecule has 0 unspecified atom stereocenters. The van der Waals surface area contributed by atoms with Gasteiger partial charge in [-0.15, -0.1) is 0 Å². The van der Waals surface area contributed by atoms with E-state index in [9.17, 15) is 0 Å². The Morgan fingerprint density at radius 2 is 2.15 bits per heavy atom. The van der Waals surface area contributed by atoms with Crippen LogP contribution >= 0.6 is 15.9 Å². The minimum atomic E-state index is 0.664. The minimum absolute atomic E-state index is 0.664. The van der Waals surface area contributed by atoms with E-state index in [-0.39, 0.29) is 0 Å². The van der Waals surface area contributed by atoms with E-state index in [2.05, 4.69) is 33.1 Å². The smallest absolute Gasteiger partial charge is 0.0846 e. The molecule has 0 saturated heterocycles. The maximum absolute atomic E-state index is 5.86. The molecule has 2 heterocycles. The number of aromatic nitrogens is 4. The highest BCUT2D eigenvalue weighted by Crippen LogP contribution is 2.24. The largest absolute Gasteiger partial charge is 0.399 e. The molecular weight excluding hydrogens is 318 g/mol. The molecule has 0 aliphatic heterocycles. The number of fused-ring (bicyclic) bond motifs is 1. The number of hydrogen-bond acceptors (Lipinski definition) is 3. The molecule has 2 aromatic heterocycles. The molecule has 0 fully saturated rings. The first-order valence-corrected chi connectivity index (χ1v) is 7.30. The van der Waals surface area contributed by atoms with Gasteiger partial charge in [-0.1, -0.05) is 6.92 Å². The van der Waals surface area contributed by atoms with E-state index in [0.717, 1.165) is 38.9 Å². The van der Waals surface area contributed by atoms with Gasteiger partial charge in [-0.2, -0.15) is 10.2 Å². The lowest BCUT2D eigenvalue weighted by Gasteiger charge is -2.05. The SMILES string of the molecule is CCc1nn(C)c(Cn2ncc3ccc(N)cc32)c1Br. The Balaban J connectivity index is 2.05. The second kappa shape index (κ2) is 4.94. The van der Waals surface area contributed by atoms with Gasteiger partial charge in [0, 0.05) is 18.1 Å². The van der Waals surface area contributed by atoms with Crippen molar-refractivity contribution >= 4 is 32.5 Å². The van der Waals surface area contributed by atoms with Crippen LogP contribution in [0.25, 0.3) is 10.9 Å². The fraction of sp³-hybridized carbons (Fsp3) is 0.286. The van der Waals surface area contributed by atoms with Crippen LogP contribution in [0.4, 0.5) is 5.69 Å². The highest BCUT2D eigenvalue weighted by Gasteiger charge is 2.14. The molecule has 1 aromatic carbocycles. The number of nitrogens with two attached hydrogens (primary N) is 1. The Labute approximate surface area is 125 Å². The van der Waals surface area contributed by atoms with Gasteiger partial charge in [-0.25, -0.2) is 0 Å². The van der Waals surface area contributed by atoms with Crippen LogP contribution in [0, 0.1) is 0 Å². The molecule has 5 nitrogen and oxygen atoms in total. The van der Waals surface area contributed by atoms with E-state index >= 15 is 0 Å². The number of benzene rings is 1. The van der Waals surface area contributed by atoms with Gasteiger partial charge in [0.05, 0.1) is 34.1 Å². The lowest BCUT2D eigenvalue weighted by molar-refractivity contribution is 0.629. The third-order valence-electron chi connectivity index (χ3n) is 3.47. The van der Waals surface area contributed by atoms with Crippen LogP contribution in [0.5, 0.6) is 0 Å². The molecular formula is C14H16BrN5. The zero-order valence-electron chi connectivity index (χ0n) is 11.5. The van der Waals surface area contributed by atoms with Crippen molar-refractivity contribution in [2.24, 2.45) is 7.05 Å². The minimum Gasteiger partial charge on any atom is -0.399 e. The van der Waals surface area contributed by atoms with Crippen molar-refractivity contribution in [3.63, 3.8) is 0 Å². The summed E-state index contributed by atoms with van der Waals surface area (Å²) in [5.41, 5.74) is 9.82. The van der Waals surface area contributed by atoms with E-state index in [4.69, 9.17) is 5.73 Å². The molecule has 0 radical (unpaired) electrons. The van der Waals surface area contributed by atoms with E-state index < -0.39 is 0 Å². The lowest BCUT2D eigenvalue weighted by Crippen LogP contribution is -2.07. The molecule has 20 heavy (non-hydrogen) atoms. The highest BCUT2D eigenvalue weighted by molar-refractivity contribution is 9.10. The zero-order chi connectivity index (χ0) is 14.3. The number of nitrogens with zero attached hydrogens (tertiary/aromatic N) is 4. The van der Waals surface area contributed by atoms with Crippen LogP contribution in [0.15, 0.2) is 28.9 Å². The molecule has 6 heteroatoms. The zero-order valence-corrected chi connectivity index (χ0v) is 13.1. The maximum Gasteiger partial charge on any atom is 0.0846 e. The molecule has 104 valence electrons. The summed E-state index contributed by atoms with van der Waals surface area (Å²) in [6.45, 7) is 2.76. The third kappa shape index (κ3) is 2.10. The number of aryl methyl sites for hydroxylation is 2. The molecule has 0 aliphatic rings. The summed E-state index contributed by atoms with van der Waals surface area (Å²) in [7, 11) is 1.96. The van der Waals surface area contributed by atoms with Gasteiger partial charge in [0.15, 0.2) is 0 Å². The second-order valence-corrected chi connectivity index (χ2v) is 5.60. The maximum atomic E-state index is 5.86. The lowest BCUT2D eigenvalue weighted by atomic mass is 10.2. The van der Waals surface area contributed by atoms with E-state index in [1.807, 2.05) is 40.8 Å². The second-order valence-electron chi connectivity index (χ2n) is 4.81. The van der Waals surface area contributed by atoms with Gasteiger partial charge in [-0.05, 0) is 40.5 Å². The summed E-state index contributed by atoms with van der Waals surface area (Å²) in [5, 5.41) is 10.0. The summed E-state index contributed by atoms with van der Waals surface area (Å²) >= 11 is 3.64. The highest BCUT2D eigenvalue weighted by atomic mass is 79.9. The predicted molar refractivity (Wildman–Crippen MR) is 83.5 cm³/mol. The third-order valence-corrected chi connectivity index (χ3v) is 4.39. The molecule has 3 aromatic rings. The summed E-state index contributed by atoms with van der Waals surface area (Å²) in [5.74, 6) is 0. The van der Waals surface area contributed by atoms with Crippen LogP contribution in [-0.2, 0) is 20.0 Å². The Bertz CT molecular complexity index is 771. The normalized spacial score (nSPS) is 11.3. The first-order valence-electron chi connectivity index (χ1n) is 6.51. The van der Waals surface area contributed by atoms with Crippen LogP contribution < -0.4 is 5.73 Å². The van der Waals surface area contributed by atoms with Crippen molar-refractivity contribution in [1.29, 1.82) is 0 Å². The molecule has 0 aliphatic carbocycles. The average Bonchev–Trinajstić information content (AvgIpc) is 2.94. The average molecular weight is 334 g/mol. The Kier molecular flexibility index (Phi) is 3.25. The fourth-order valence-electron chi connectivity index (χ4n) is 2.35. The number of rotatable bonds is 3. The molecule has 0 atom stereocenters. The van der Waals surface area contributed by atoms with E-state index in [0.29, 0.717) is 6.54 Å². The molecule has 0 bridgehead atoms. The standard InChI is InChI=1S/C14H16BrN5/c1-3-11-14(15)13(19(2)18-11)8-20-12-6-10(16)5-4-9(12)7-17-20/h4-7H,3,8,16H2,1-2H3. The van der Waals surface area contributed by atoms with Crippen LogP contribution in [0.3, 0.4) is 0 Å². The Morgan fingerprint density at radius 1 is 1.35 bits per heavy atom. The van der Waals surface area contributed by atoms with Gasteiger partial charge in [-0.3, -0.25) is 9.36 Å². The van der Waals surface area contributed by atoms with E-state index in [1.165, 1.54) is 0 Å². The quantitative estimate of drug-likeness (QED) is 0.749. The summed E-state index contributed by atoms with van der Waals surface area (Å²) < 4.78 is 4.92. The van der Waals surface area contributed by atoms with Crippen molar-refractivity contribution in [3.05, 3.63) is 40.3 Å². The van der Waals surface area contributed by atoms with Crippen molar-refractivity contribution in [2.75, 3.05) is 5.73 Å². The molecule has 0 amide bonds. The molecule has 3 rings (SSSR count). The summed E-state index contributed by atoms with van der Waals surface area (Å²) in [4.78, 5) is 0. The van der Waals surface area contributed by atoms with E-state index in [1.54, 1.807) is 0 Å². The molecule has 2 N–H and O–H groups in total. The van der Waals surface area contributed by atoms with Crippen molar-refractivity contribution in [3.8, 4) is 0 Å². The van der Waals surface area contributed by atoms with Crippen molar-refractivity contribution in [2.45, 2.75) is 19.9 Å². The summed E-state index contributed by atoms with van der Waals surface area (Å²) in [6, 6.07) is 5.83. The van der Waals surface area contributed by atoms with Crippen molar-refractivity contribution < 1.29 is 0 Å². The van der Waals surface area contributed by atoms with Gasteiger partial charge >= 0.3 is 0 Å². The Hall–Kier alpha value is -1.82. The van der Waals surface area contributed by atoms with Crippen LogP contribution in [-0.4, -0.2) is 19.6 Å². The van der Waals surface area contributed by atoms with Crippen LogP contribution in [0.1, 0.15) is 18.3 Å². The first kappa shape index (κ1) is 13.2. The van der Waals surface area contributed by atoms with Crippen LogP contribution in [0.2, 0.25) is 0 Å². The van der Waals surface area contributed by atoms with Gasteiger partial charge in [0.25, 0.3) is 0 Å². The molecule has 0 spiro atoms. The molecule has 0 saturated carbocycles. The monoisotopic (exact) mass is 333 g/mol. The van der Waals surface area contributed by atoms with Gasteiger partial charge in [0.1, 0.15) is 0 Å². The fourth-order valence-corrected chi connectivity index (χ4v) is 3.09. The summed E-state index contributed by atoms with van der Waals surface area (Å²) in [6.07, 6.45) is 2.76. The van der Waals surface area contributed by atoms with Crippen molar-refractivity contribution in [1.82, 2.24) is 19.6 Å². The predicted octanol–water partition coefficient (Wildman–Crippen LogP) is 2.73. The Morgan fingerprint density at radius 3 is 2.85 bits per heavy atom. The van der Waals surface area contributed by atoms with Gasteiger partial charge in [0.2, 0.25) is 0 Å². The number of hydrogen-bond donors (Lipinski definition) is 1. The van der Waals surface area contributed by atoms with Gasteiger partial charge < -0.3 is 5.73 Å². The number of halogens is 1. The first-order chi connectivity index (χ1) is 9.60.